The number of hydrogen-bond donors (Lipinski definition) is 1. The predicted octanol–water partition coefficient (Wildman–Crippen LogP) is 3.27. The molecule has 1 aromatic carbocycles. The Kier molecular flexibility index (Phi) is 4.11. The van der Waals surface area contributed by atoms with Gasteiger partial charge in [0, 0.05) is 21.9 Å². The molecule has 2 aromatic rings. The van der Waals surface area contributed by atoms with Gasteiger partial charge in [-0.25, -0.2) is 4.68 Å². The average molecular weight is 345 g/mol. The summed E-state index contributed by atoms with van der Waals surface area (Å²) in [6, 6.07) is 5.67. The number of rotatable bonds is 2. The molecule has 0 fully saturated rings. The molecular weight excluding hydrogens is 322 g/mol. The summed E-state index contributed by atoms with van der Waals surface area (Å²) in [4.78, 5) is 12.7. The number of carbonyl (C=O) groups is 1. The van der Waals surface area contributed by atoms with Crippen LogP contribution in [0.3, 0.4) is 0 Å². The number of aromatic nitrogens is 2. The third-order valence-corrected chi connectivity index (χ3v) is 5.51. The van der Waals surface area contributed by atoms with E-state index in [1.54, 1.807) is 0 Å². The zero-order chi connectivity index (χ0) is 17.6. The van der Waals surface area contributed by atoms with Crippen LogP contribution in [-0.2, 0) is 27.8 Å². The summed E-state index contributed by atoms with van der Waals surface area (Å²) in [6.45, 7) is 10.1. The monoisotopic (exact) mass is 345 g/mol. The molecule has 0 bridgehead atoms. The van der Waals surface area contributed by atoms with Gasteiger partial charge < -0.3 is 5.32 Å². The Morgan fingerprint density at radius 1 is 1.21 bits per heavy atom. The van der Waals surface area contributed by atoms with E-state index in [1.165, 1.54) is 0 Å². The highest BCUT2D eigenvalue weighted by Crippen LogP contribution is 2.33. The molecule has 2 heterocycles. The van der Waals surface area contributed by atoms with Crippen molar-refractivity contribution in [2.75, 3.05) is 5.32 Å². The second-order valence-corrected chi connectivity index (χ2v) is 8.80. The number of aryl methyl sites for hydroxylation is 2. The highest BCUT2D eigenvalue weighted by molar-refractivity contribution is 7.83. The first-order chi connectivity index (χ1) is 11.2. The minimum Gasteiger partial charge on any atom is -0.306 e. The smallest absolute Gasteiger partial charge is 0.256 e. The minimum absolute atomic E-state index is 0.163. The van der Waals surface area contributed by atoms with Crippen LogP contribution in [0, 0.1) is 13.8 Å². The van der Waals surface area contributed by atoms with Gasteiger partial charge in [-0.2, -0.15) is 5.10 Å². The molecule has 0 aliphatic carbocycles. The molecule has 0 radical (unpaired) electrons. The molecule has 0 unspecified atom stereocenters. The van der Waals surface area contributed by atoms with Gasteiger partial charge in [-0.1, -0.05) is 6.07 Å². The second kappa shape index (κ2) is 5.84. The second-order valence-electron chi connectivity index (χ2n) is 7.34. The molecule has 0 saturated heterocycles. The number of nitrogens with one attached hydrogen (secondary N) is 1. The lowest BCUT2D eigenvalue weighted by Crippen LogP contribution is -2.27. The van der Waals surface area contributed by atoms with Gasteiger partial charge in [0.15, 0.2) is 0 Å². The van der Waals surface area contributed by atoms with Crippen molar-refractivity contribution >= 4 is 22.5 Å². The number of benzene rings is 1. The molecule has 1 atom stereocenters. The number of nitrogens with zero attached hydrogens (tertiary/aromatic N) is 2. The van der Waals surface area contributed by atoms with Gasteiger partial charge in [-0.15, -0.1) is 0 Å². The Labute approximate surface area is 144 Å². The van der Waals surface area contributed by atoms with Crippen LogP contribution in [-0.4, -0.2) is 19.9 Å². The molecule has 5 nitrogen and oxygen atoms in total. The molecular formula is C18H23N3O2S. The van der Waals surface area contributed by atoms with Crippen LogP contribution in [0.5, 0.6) is 0 Å². The van der Waals surface area contributed by atoms with Crippen LogP contribution in [0.15, 0.2) is 18.2 Å². The SMILES string of the molecule is Cc1ccc(C(=O)Nc2c3c(nn2C(C)(C)C)C[S@@](=O)C3)cc1C. The van der Waals surface area contributed by atoms with Gasteiger partial charge in [0.2, 0.25) is 0 Å². The first-order valence-corrected chi connectivity index (χ1v) is 9.50. The maximum atomic E-state index is 12.7. The largest absolute Gasteiger partial charge is 0.306 e. The van der Waals surface area contributed by atoms with Crippen molar-refractivity contribution in [1.82, 2.24) is 9.78 Å². The topological polar surface area (TPSA) is 64.0 Å². The van der Waals surface area contributed by atoms with Gasteiger partial charge in [-0.3, -0.25) is 9.00 Å². The Morgan fingerprint density at radius 3 is 2.54 bits per heavy atom. The third-order valence-electron chi connectivity index (χ3n) is 4.31. The zero-order valence-electron chi connectivity index (χ0n) is 14.8. The Balaban J connectivity index is 1.98. The van der Waals surface area contributed by atoms with E-state index in [9.17, 15) is 9.00 Å². The summed E-state index contributed by atoms with van der Waals surface area (Å²) < 4.78 is 13.7. The van der Waals surface area contributed by atoms with Crippen LogP contribution in [0.4, 0.5) is 5.82 Å². The maximum Gasteiger partial charge on any atom is 0.256 e. The molecule has 0 saturated carbocycles. The number of carbonyl (C=O) groups excluding carboxylic acids is 1. The fourth-order valence-corrected chi connectivity index (χ4v) is 4.07. The molecule has 0 spiro atoms. The lowest BCUT2D eigenvalue weighted by Gasteiger charge is -2.23. The minimum atomic E-state index is -0.927. The molecule has 1 aliphatic rings. The van der Waals surface area contributed by atoms with E-state index in [1.807, 2.05) is 57.5 Å². The summed E-state index contributed by atoms with van der Waals surface area (Å²) in [5.41, 5.74) is 4.32. The maximum absolute atomic E-state index is 12.7. The summed E-state index contributed by atoms with van der Waals surface area (Å²) in [6.07, 6.45) is 0. The molecule has 6 heteroatoms. The highest BCUT2D eigenvalue weighted by Gasteiger charge is 2.31. The van der Waals surface area contributed by atoms with Crippen molar-refractivity contribution in [3.8, 4) is 0 Å². The Bertz CT molecular complexity index is 847. The number of anilines is 1. The third kappa shape index (κ3) is 3.02. The van der Waals surface area contributed by atoms with Crippen molar-refractivity contribution in [1.29, 1.82) is 0 Å². The van der Waals surface area contributed by atoms with Crippen molar-refractivity contribution in [3.63, 3.8) is 0 Å². The van der Waals surface area contributed by atoms with Crippen LogP contribution in [0.25, 0.3) is 0 Å². The van der Waals surface area contributed by atoms with Gasteiger partial charge in [-0.05, 0) is 57.9 Å². The van der Waals surface area contributed by atoms with Crippen LogP contribution < -0.4 is 5.32 Å². The van der Waals surface area contributed by atoms with E-state index >= 15 is 0 Å². The molecule has 1 aliphatic heterocycles. The molecule has 1 amide bonds. The zero-order valence-corrected chi connectivity index (χ0v) is 15.6. The van der Waals surface area contributed by atoms with Gasteiger partial charge in [0.25, 0.3) is 5.91 Å². The highest BCUT2D eigenvalue weighted by atomic mass is 32.2. The molecule has 3 rings (SSSR count). The number of amides is 1. The van der Waals surface area contributed by atoms with Crippen molar-refractivity contribution in [2.24, 2.45) is 0 Å². The van der Waals surface area contributed by atoms with E-state index in [4.69, 9.17) is 0 Å². The van der Waals surface area contributed by atoms with Crippen molar-refractivity contribution in [2.45, 2.75) is 51.7 Å². The first-order valence-electron chi connectivity index (χ1n) is 8.01. The predicted molar refractivity (Wildman–Crippen MR) is 96.6 cm³/mol. The van der Waals surface area contributed by atoms with Crippen LogP contribution >= 0.6 is 0 Å². The quantitative estimate of drug-likeness (QED) is 0.908. The number of hydrogen-bond acceptors (Lipinski definition) is 3. The molecule has 24 heavy (non-hydrogen) atoms. The summed E-state index contributed by atoms with van der Waals surface area (Å²) in [5.74, 6) is 1.43. The Morgan fingerprint density at radius 2 is 1.92 bits per heavy atom. The number of fused-ring (bicyclic) bond motifs is 1. The lowest BCUT2D eigenvalue weighted by molar-refractivity contribution is 0.102. The van der Waals surface area contributed by atoms with E-state index < -0.39 is 10.8 Å². The fraction of sp³-hybridized carbons (Fsp3) is 0.444. The summed E-state index contributed by atoms with van der Waals surface area (Å²) in [5, 5.41) is 7.61. The summed E-state index contributed by atoms with van der Waals surface area (Å²) >= 11 is 0. The van der Waals surface area contributed by atoms with Gasteiger partial charge in [0.05, 0.1) is 22.7 Å². The lowest BCUT2D eigenvalue weighted by atomic mass is 10.1. The van der Waals surface area contributed by atoms with Crippen molar-refractivity contribution in [3.05, 3.63) is 46.1 Å². The van der Waals surface area contributed by atoms with Gasteiger partial charge in [0.1, 0.15) is 5.82 Å². The van der Waals surface area contributed by atoms with E-state index in [0.717, 1.165) is 22.4 Å². The molecule has 1 aromatic heterocycles. The van der Waals surface area contributed by atoms with E-state index in [0.29, 0.717) is 22.9 Å². The Hall–Kier alpha value is -1.95. The fourth-order valence-electron chi connectivity index (χ4n) is 2.80. The van der Waals surface area contributed by atoms with Crippen molar-refractivity contribution < 1.29 is 9.00 Å². The van der Waals surface area contributed by atoms with Crippen LogP contribution in [0.2, 0.25) is 0 Å². The molecule has 128 valence electrons. The van der Waals surface area contributed by atoms with E-state index in [2.05, 4.69) is 10.4 Å². The van der Waals surface area contributed by atoms with E-state index in [-0.39, 0.29) is 11.4 Å². The molecule has 1 N–H and O–H groups in total. The summed E-state index contributed by atoms with van der Waals surface area (Å²) in [7, 11) is -0.927. The standard InChI is InChI=1S/C18H23N3O2S/c1-11-6-7-13(8-12(11)2)17(22)19-16-14-9-24(23)10-15(14)20-21(16)18(3,4)5/h6-8H,9-10H2,1-5H3,(H,19,22)/t24-/m0/s1. The average Bonchev–Trinajstić information content (AvgIpc) is 2.99. The van der Waals surface area contributed by atoms with Crippen LogP contribution in [0.1, 0.15) is 53.5 Å². The van der Waals surface area contributed by atoms with Gasteiger partial charge >= 0.3 is 0 Å². The normalized spacial score (nSPS) is 17.0. The first kappa shape index (κ1) is 16.9.